The normalized spacial score (nSPS) is 11.3. The molecule has 0 radical (unpaired) electrons. The van der Waals surface area contributed by atoms with Gasteiger partial charge in [-0.3, -0.25) is 0 Å². The van der Waals surface area contributed by atoms with Gasteiger partial charge in [0.25, 0.3) is 0 Å². The van der Waals surface area contributed by atoms with Crippen LogP contribution in [0.3, 0.4) is 0 Å². The highest BCUT2D eigenvalue weighted by Gasteiger charge is 2.08. The number of nitrogens with one attached hydrogen (secondary N) is 1. The molecule has 0 aliphatic heterocycles. The van der Waals surface area contributed by atoms with Crippen molar-refractivity contribution in [2.45, 2.75) is 26.6 Å². The summed E-state index contributed by atoms with van der Waals surface area (Å²) in [7, 11) is 0. The van der Waals surface area contributed by atoms with E-state index in [-0.39, 0.29) is 0 Å². The van der Waals surface area contributed by atoms with Crippen molar-refractivity contribution in [3.05, 3.63) is 51.4 Å². The minimum absolute atomic E-state index is 0.762. The van der Waals surface area contributed by atoms with Crippen LogP contribution in [-0.2, 0) is 19.6 Å². The van der Waals surface area contributed by atoms with Crippen LogP contribution in [0.2, 0.25) is 4.34 Å². The molecule has 20 heavy (non-hydrogen) atoms. The van der Waals surface area contributed by atoms with E-state index in [0.29, 0.717) is 0 Å². The van der Waals surface area contributed by atoms with Gasteiger partial charge in [-0.25, -0.2) is 4.98 Å². The fraction of sp³-hybridized carbons (Fsp3) is 0.267. The van der Waals surface area contributed by atoms with Gasteiger partial charge in [0.1, 0.15) is 5.82 Å². The van der Waals surface area contributed by atoms with Crippen LogP contribution in [0.4, 0.5) is 0 Å². The number of hydrogen-bond donors (Lipinski definition) is 1. The van der Waals surface area contributed by atoms with Gasteiger partial charge in [-0.1, -0.05) is 23.7 Å². The smallest absolute Gasteiger partial charge is 0.123 e. The molecule has 0 bridgehead atoms. The lowest BCUT2D eigenvalue weighted by atomic mass is 10.3. The second-order valence-corrected chi connectivity index (χ2v) is 6.37. The fourth-order valence-electron chi connectivity index (χ4n) is 2.36. The molecule has 3 rings (SSSR count). The topological polar surface area (TPSA) is 29.9 Å². The predicted molar refractivity (Wildman–Crippen MR) is 85.3 cm³/mol. The molecule has 0 amide bonds. The summed E-state index contributed by atoms with van der Waals surface area (Å²) in [4.78, 5) is 5.94. The van der Waals surface area contributed by atoms with Crippen molar-refractivity contribution in [1.82, 2.24) is 14.9 Å². The lowest BCUT2D eigenvalue weighted by Gasteiger charge is -2.06. The monoisotopic (exact) mass is 305 g/mol. The highest BCUT2D eigenvalue weighted by molar-refractivity contribution is 7.16. The molecular formula is C15H16ClN3S. The number of rotatable bonds is 5. The van der Waals surface area contributed by atoms with E-state index in [2.05, 4.69) is 41.1 Å². The number of nitrogens with zero attached hydrogens (tertiary/aromatic N) is 2. The standard InChI is InChI=1S/C15H16ClN3S/c1-2-19-13-6-4-3-5-12(13)18-15(19)10-17-9-11-7-8-14(16)20-11/h3-8,17H,2,9-10H2,1H3. The lowest BCUT2D eigenvalue weighted by Crippen LogP contribution is -2.15. The molecule has 1 N–H and O–H groups in total. The van der Waals surface area contributed by atoms with Gasteiger partial charge in [0, 0.05) is 18.0 Å². The molecule has 2 heterocycles. The maximum absolute atomic E-state index is 5.93. The third-order valence-electron chi connectivity index (χ3n) is 3.26. The van der Waals surface area contributed by atoms with Crippen LogP contribution in [-0.4, -0.2) is 9.55 Å². The highest BCUT2D eigenvalue weighted by atomic mass is 35.5. The zero-order valence-corrected chi connectivity index (χ0v) is 12.8. The second-order valence-electron chi connectivity index (χ2n) is 4.57. The van der Waals surface area contributed by atoms with Crippen LogP contribution in [0, 0.1) is 0 Å². The number of thiophene rings is 1. The molecule has 0 unspecified atom stereocenters. The zero-order valence-electron chi connectivity index (χ0n) is 11.3. The summed E-state index contributed by atoms with van der Waals surface area (Å²) < 4.78 is 3.09. The van der Waals surface area contributed by atoms with Crippen molar-refractivity contribution in [2.75, 3.05) is 0 Å². The van der Waals surface area contributed by atoms with Crippen molar-refractivity contribution in [3.63, 3.8) is 0 Å². The van der Waals surface area contributed by atoms with Gasteiger partial charge in [0.05, 0.1) is 21.9 Å². The molecule has 0 spiro atoms. The molecule has 5 heteroatoms. The Kier molecular flexibility index (Phi) is 4.05. The molecule has 0 aliphatic rings. The van der Waals surface area contributed by atoms with Crippen molar-refractivity contribution in [3.8, 4) is 0 Å². The molecule has 3 nitrogen and oxygen atoms in total. The predicted octanol–water partition coefficient (Wildman–Crippen LogP) is 4.06. The van der Waals surface area contributed by atoms with Gasteiger partial charge < -0.3 is 9.88 Å². The SMILES string of the molecule is CCn1c(CNCc2ccc(Cl)s2)nc2ccccc21. The van der Waals surface area contributed by atoms with Gasteiger partial charge in [0.15, 0.2) is 0 Å². The van der Waals surface area contributed by atoms with Crippen molar-refractivity contribution in [1.29, 1.82) is 0 Å². The molecule has 0 fully saturated rings. The second kappa shape index (κ2) is 5.95. The Balaban J connectivity index is 1.73. The summed E-state index contributed by atoms with van der Waals surface area (Å²) in [5.74, 6) is 1.08. The summed E-state index contributed by atoms with van der Waals surface area (Å²) in [6.07, 6.45) is 0. The van der Waals surface area contributed by atoms with Gasteiger partial charge in [0.2, 0.25) is 0 Å². The number of aromatic nitrogens is 2. The van der Waals surface area contributed by atoms with Crippen molar-refractivity contribution >= 4 is 34.0 Å². The van der Waals surface area contributed by atoms with E-state index in [0.717, 1.165) is 35.3 Å². The number of fused-ring (bicyclic) bond motifs is 1. The number of hydrogen-bond acceptors (Lipinski definition) is 3. The van der Waals surface area contributed by atoms with Gasteiger partial charge in [-0.05, 0) is 31.2 Å². The van der Waals surface area contributed by atoms with E-state index in [1.165, 1.54) is 10.4 Å². The third kappa shape index (κ3) is 2.73. The Morgan fingerprint density at radius 2 is 2.05 bits per heavy atom. The lowest BCUT2D eigenvalue weighted by molar-refractivity contribution is 0.624. The number of benzene rings is 1. The maximum Gasteiger partial charge on any atom is 0.123 e. The number of aryl methyl sites for hydroxylation is 1. The van der Waals surface area contributed by atoms with Crippen molar-refractivity contribution < 1.29 is 0 Å². The van der Waals surface area contributed by atoms with Crippen LogP contribution < -0.4 is 5.32 Å². The van der Waals surface area contributed by atoms with E-state index in [9.17, 15) is 0 Å². The Morgan fingerprint density at radius 1 is 1.20 bits per heavy atom. The first kappa shape index (κ1) is 13.6. The van der Waals surface area contributed by atoms with Crippen LogP contribution in [0.25, 0.3) is 11.0 Å². The maximum atomic E-state index is 5.93. The molecular weight excluding hydrogens is 290 g/mol. The van der Waals surface area contributed by atoms with E-state index >= 15 is 0 Å². The Morgan fingerprint density at radius 3 is 2.80 bits per heavy atom. The molecule has 0 saturated heterocycles. The van der Waals surface area contributed by atoms with E-state index in [4.69, 9.17) is 16.6 Å². The third-order valence-corrected chi connectivity index (χ3v) is 4.49. The minimum Gasteiger partial charge on any atom is -0.327 e. The fourth-order valence-corrected chi connectivity index (χ4v) is 3.41. The van der Waals surface area contributed by atoms with Gasteiger partial charge in [-0.15, -0.1) is 11.3 Å². The highest BCUT2D eigenvalue weighted by Crippen LogP contribution is 2.21. The van der Waals surface area contributed by atoms with Crippen LogP contribution in [0.1, 0.15) is 17.6 Å². The average Bonchev–Trinajstić information content (AvgIpc) is 3.02. The Bertz CT molecular complexity index is 717. The van der Waals surface area contributed by atoms with Crippen LogP contribution >= 0.6 is 22.9 Å². The Labute approximate surface area is 127 Å². The number of imidazole rings is 1. The number of para-hydroxylation sites is 2. The summed E-state index contributed by atoms with van der Waals surface area (Å²) in [6.45, 7) is 4.67. The van der Waals surface area contributed by atoms with Crippen LogP contribution in [0.15, 0.2) is 36.4 Å². The average molecular weight is 306 g/mol. The quantitative estimate of drug-likeness (QED) is 0.770. The molecule has 0 saturated carbocycles. The van der Waals surface area contributed by atoms with E-state index < -0.39 is 0 Å². The Hall–Kier alpha value is -1.36. The largest absolute Gasteiger partial charge is 0.327 e. The first-order valence-corrected chi connectivity index (χ1v) is 7.86. The first-order chi connectivity index (χ1) is 9.78. The summed E-state index contributed by atoms with van der Waals surface area (Å²) >= 11 is 7.55. The molecule has 2 aromatic heterocycles. The summed E-state index contributed by atoms with van der Waals surface area (Å²) in [5.41, 5.74) is 2.26. The molecule has 0 aliphatic carbocycles. The van der Waals surface area contributed by atoms with Gasteiger partial charge >= 0.3 is 0 Å². The molecule has 1 aromatic carbocycles. The van der Waals surface area contributed by atoms with Gasteiger partial charge in [-0.2, -0.15) is 0 Å². The first-order valence-electron chi connectivity index (χ1n) is 6.67. The molecule has 0 atom stereocenters. The van der Waals surface area contributed by atoms with E-state index in [1.54, 1.807) is 11.3 Å². The molecule has 104 valence electrons. The zero-order chi connectivity index (χ0) is 13.9. The molecule has 3 aromatic rings. The summed E-state index contributed by atoms with van der Waals surface area (Å²) in [6, 6.07) is 12.3. The van der Waals surface area contributed by atoms with Crippen LogP contribution in [0.5, 0.6) is 0 Å². The minimum atomic E-state index is 0.762. The number of halogens is 1. The van der Waals surface area contributed by atoms with E-state index in [1.807, 2.05) is 12.1 Å². The summed E-state index contributed by atoms with van der Waals surface area (Å²) in [5, 5.41) is 3.44. The van der Waals surface area contributed by atoms with Crippen molar-refractivity contribution in [2.24, 2.45) is 0 Å².